The standard InChI is InChI=1S/C11H16FN3/c1-5-7(2)6-13-10-8(3)14-11(12)15-9(10)4/h6-7H,5H2,1-4H3. The van der Waals surface area contributed by atoms with Crippen molar-refractivity contribution >= 4 is 11.9 Å². The summed E-state index contributed by atoms with van der Waals surface area (Å²) in [5.74, 6) is 0.411. The van der Waals surface area contributed by atoms with Gasteiger partial charge in [-0.25, -0.2) is 9.97 Å². The fourth-order valence-corrected chi connectivity index (χ4v) is 1.16. The second kappa shape index (κ2) is 4.96. The first-order chi connectivity index (χ1) is 7.04. The highest BCUT2D eigenvalue weighted by molar-refractivity contribution is 5.66. The zero-order valence-corrected chi connectivity index (χ0v) is 9.58. The van der Waals surface area contributed by atoms with Gasteiger partial charge in [-0.1, -0.05) is 13.8 Å². The molecular weight excluding hydrogens is 193 g/mol. The molecule has 0 spiro atoms. The Hall–Kier alpha value is -1.32. The van der Waals surface area contributed by atoms with Crippen LogP contribution in [0.1, 0.15) is 31.7 Å². The van der Waals surface area contributed by atoms with E-state index in [-0.39, 0.29) is 0 Å². The molecule has 4 heteroatoms. The summed E-state index contributed by atoms with van der Waals surface area (Å²) in [7, 11) is 0. The number of aromatic nitrogens is 2. The van der Waals surface area contributed by atoms with Crippen LogP contribution in [0.5, 0.6) is 0 Å². The van der Waals surface area contributed by atoms with Gasteiger partial charge in [-0.05, 0) is 26.2 Å². The first-order valence-electron chi connectivity index (χ1n) is 5.09. The minimum Gasteiger partial charge on any atom is -0.257 e. The quantitative estimate of drug-likeness (QED) is 0.567. The normalized spacial score (nSPS) is 13.4. The Morgan fingerprint density at radius 2 is 1.87 bits per heavy atom. The van der Waals surface area contributed by atoms with Crippen molar-refractivity contribution in [2.45, 2.75) is 34.1 Å². The van der Waals surface area contributed by atoms with E-state index in [1.807, 2.05) is 6.21 Å². The third-order valence-corrected chi connectivity index (χ3v) is 2.31. The van der Waals surface area contributed by atoms with Gasteiger partial charge in [0.15, 0.2) is 0 Å². The molecule has 0 saturated carbocycles. The molecule has 0 fully saturated rings. The molecule has 1 aromatic rings. The van der Waals surface area contributed by atoms with Crippen LogP contribution in [-0.2, 0) is 0 Å². The predicted octanol–water partition coefficient (Wildman–Crippen LogP) is 2.98. The third kappa shape index (κ3) is 3.08. The molecule has 0 radical (unpaired) electrons. The van der Waals surface area contributed by atoms with Crippen LogP contribution in [-0.4, -0.2) is 16.2 Å². The summed E-state index contributed by atoms with van der Waals surface area (Å²) in [6, 6.07) is 0. The van der Waals surface area contributed by atoms with Gasteiger partial charge < -0.3 is 0 Å². The van der Waals surface area contributed by atoms with Crippen molar-refractivity contribution in [2.24, 2.45) is 10.9 Å². The molecule has 0 aromatic carbocycles. The number of hydrogen-bond acceptors (Lipinski definition) is 3. The summed E-state index contributed by atoms with van der Waals surface area (Å²) in [5, 5.41) is 0. The summed E-state index contributed by atoms with van der Waals surface area (Å²) >= 11 is 0. The van der Waals surface area contributed by atoms with Crippen LogP contribution in [0.2, 0.25) is 0 Å². The fourth-order valence-electron chi connectivity index (χ4n) is 1.16. The van der Waals surface area contributed by atoms with Gasteiger partial charge in [0.25, 0.3) is 0 Å². The number of aryl methyl sites for hydroxylation is 2. The average Bonchev–Trinajstić information content (AvgIpc) is 2.15. The van der Waals surface area contributed by atoms with E-state index in [0.29, 0.717) is 23.0 Å². The van der Waals surface area contributed by atoms with Gasteiger partial charge in [0.2, 0.25) is 0 Å². The van der Waals surface area contributed by atoms with Crippen LogP contribution >= 0.6 is 0 Å². The zero-order valence-electron chi connectivity index (χ0n) is 9.58. The van der Waals surface area contributed by atoms with E-state index < -0.39 is 6.08 Å². The first-order valence-corrected chi connectivity index (χ1v) is 5.09. The molecule has 1 unspecified atom stereocenters. The number of nitrogens with zero attached hydrogens (tertiary/aromatic N) is 3. The van der Waals surface area contributed by atoms with Gasteiger partial charge in [0.05, 0.1) is 11.4 Å². The summed E-state index contributed by atoms with van der Waals surface area (Å²) in [4.78, 5) is 11.6. The molecule has 0 aliphatic carbocycles. The van der Waals surface area contributed by atoms with Crippen molar-refractivity contribution in [1.82, 2.24) is 9.97 Å². The highest BCUT2D eigenvalue weighted by Gasteiger charge is 2.06. The molecular formula is C11H16FN3. The van der Waals surface area contributed by atoms with Crippen LogP contribution in [0.25, 0.3) is 0 Å². The molecule has 0 amide bonds. The molecule has 1 rings (SSSR count). The molecule has 3 nitrogen and oxygen atoms in total. The second-order valence-electron chi connectivity index (χ2n) is 3.68. The average molecular weight is 209 g/mol. The third-order valence-electron chi connectivity index (χ3n) is 2.31. The molecule has 1 atom stereocenters. The maximum atomic E-state index is 12.8. The molecule has 0 bridgehead atoms. The second-order valence-corrected chi connectivity index (χ2v) is 3.68. The van der Waals surface area contributed by atoms with E-state index in [9.17, 15) is 4.39 Å². The van der Waals surface area contributed by atoms with Gasteiger partial charge in [0, 0.05) is 6.21 Å². The Balaban J connectivity index is 3.00. The van der Waals surface area contributed by atoms with E-state index in [4.69, 9.17) is 0 Å². The molecule has 1 aromatic heterocycles. The molecule has 0 saturated heterocycles. The molecule has 0 aliphatic rings. The van der Waals surface area contributed by atoms with E-state index in [0.717, 1.165) is 6.42 Å². The molecule has 1 heterocycles. The molecule has 15 heavy (non-hydrogen) atoms. The van der Waals surface area contributed by atoms with Crippen molar-refractivity contribution in [2.75, 3.05) is 0 Å². The summed E-state index contributed by atoms with van der Waals surface area (Å²) in [5.41, 5.74) is 1.84. The Labute approximate surface area is 89.5 Å². The highest BCUT2D eigenvalue weighted by atomic mass is 19.1. The lowest BCUT2D eigenvalue weighted by Crippen LogP contribution is -1.98. The van der Waals surface area contributed by atoms with E-state index in [2.05, 4.69) is 28.8 Å². The Kier molecular flexibility index (Phi) is 3.88. The first kappa shape index (κ1) is 11.8. The highest BCUT2D eigenvalue weighted by Crippen LogP contribution is 2.20. The minimum atomic E-state index is -0.688. The zero-order chi connectivity index (χ0) is 11.4. The molecule has 0 aliphatic heterocycles. The van der Waals surface area contributed by atoms with Crippen molar-refractivity contribution in [1.29, 1.82) is 0 Å². The van der Waals surface area contributed by atoms with Crippen molar-refractivity contribution in [3.05, 3.63) is 17.5 Å². The van der Waals surface area contributed by atoms with E-state index in [1.165, 1.54) is 0 Å². The van der Waals surface area contributed by atoms with Gasteiger partial charge in [-0.3, -0.25) is 4.99 Å². The Bertz CT molecular complexity index is 351. The SMILES string of the molecule is CCC(C)C=Nc1c(C)nc(F)nc1C. The number of aliphatic imine (C=N–C) groups is 1. The van der Waals surface area contributed by atoms with E-state index in [1.54, 1.807) is 13.8 Å². The van der Waals surface area contributed by atoms with Crippen molar-refractivity contribution < 1.29 is 4.39 Å². The van der Waals surface area contributed by atoms with Crippen LogP contribution < -0.4 is 0 Å². The van der Waals surface area contributed by atoms with Gasteiger partial charge in [-0.15, -0.1) is 0 Å². The Morgan fingerprint density at radius 3 is 2.33 bits per heavy atom. The van der Waals surface area contributed by atoms with Crippen LogP contribution in [0.3, 0.4) is 0 Å². The maximum absolute atomic E-state index is 12.8. The van der Waals surface area contributed by atoms with Gasteiger partial charge >= 0.3 is 6.08 Å². The lowest BCUT2D eigenvalue weighted by atomic mass is 10.1. The molecule has 82 valence electrons. The number of hydrogen-bond donors (Lipinski definition) is 0. The molecule has 0 N–H and O–H groups in total. The van der Waals surface area contributed by atoms with Crippen LogP contribution in [0.4, 0.5) is 10.1 Å². The fraction of sp³-hybridized carbons (Fsp3) is 0.545. The smallest absolute Gasteiger partial charge is 0.257 e. The number of halogens is 1. The topological polar surface area (TPSA) is 38.1 Å². The summed E-state index contributed by atoms with van der Waals surface area (Å²) < 4.78 is 12.8. The monoisotopic (exact) mass is 209 g/mol. The van der Waals surface area contributed by atoms with Crippen molar-refractivity contribution in [3.8, 4) is 0 Å². The number of rotatable bonds is 3. The van der Waals surface area contributed by atoms with Gasteiger partial charge in [-0.2, -0.15) is 4.39 Å². The maximum Gasteiger partial charge on any atom is 0.309 e. The predicted molar refractivity (Wildman–Crippen MR) is 59.1 cm³/mol. The Morgan fingerprint density at radius 1 is 1.33 bits per heavy atom. The van der Waals surface area contributed by atoms with Crippen molar-refractivity contribution in [3.63, 3.8) is 0 Å². The summed E-state index contributed by atoms with van der Waals surface area (Å²) in [6.07, 6.45) is 2.20. The summed E-state index contributed by atoms with van der Waals surface area (Å²) in [6.45, 7) is 7.65. The van der Waals surface area contributed by atoms with Crippen LogP contribution in [0.15, 0.2) is 4.99 Å². The lowest BCUT2D eigenvalue weighted by molar-refractivity contribution is 0.531. The van der Waals surface area contributed by atoms with Crippen LogP contribution in [0, 0.1) is 25.8 Å². The largest absolute Gasteiger partial charge is 0.309 e. The lowest BCUT2D eigenvalue weighted by Gasteiger charge is -2.04. The van der Waals surface area contributed by atoms with Gasteiger partial charge in [0.1, 0.15) is 5.69 Å². The van der Waals surface area contributed by atoms with E-state index >= 15 is 0 Å². The minimum absolute atomic E-state index is 0.411.